The van der Waals surface area contributed by atoms with Crippen LogP contribution >= 0.6 is 11.6 Å². The second kappa shape index (κ2) is 6.10. The Morgan fingerprint density at radius 2 is 1.90 bits per heavy atom. The zero-order valence-corrected chi connectivity index (χ0v) is 12.5. The molecule has 1 rings (SSSR count). The maximum absolute atomic E-state index is 12.4. The van der Waals surface area contributed by atoms with Crippen molar-refractivity contribution in [2.75, 3.05) is 16.3 Å². The zero-order valence-electron chi connectivity index (χ0n) is 11.0. The van der Waals surface area contributed by atoms with Gasteiger partial charge in [-0.1, -0.05) is 11.6 Å². The molecule has 0 bridgehead atoms. The fourth-order valence-electron chi connectivity index (χ4n) is 1.27. The van der Waals surface area contributed by atoms with Crippen LogP contribution in [0.3, 0.4) is 0 Å². The van der Waals surface area contributed by atoms with Crippen LogP contribution in [0.5, 0.6) is 0 Å². The minimum Gasteiger partial charge on any atom is -0.326 e. The van der Waals surface area contributed by atoms with Crippen LogP contribution in [0.2, 0.25) is 5.02 Å². The summed E-state index contributed by atoms with van der Waals surface area (Å²) < 4.78 is 61.3. The highest BCUT2D eigenvalue weighted by molar-refractivity contribution is 7.92. The van der Waals surface area contributed by atoms with Gasteiger partial charge in [0.1, 0.15) is 5.92 Å². The van der Waals surface area contributed by atoms with E-state index < -0.39 is 28.0 Å². The van der Waals surface area contributed by atoms with E-state index in [1.165, 1.54) is 12.1 Å². The van der Waals surface area contributed by atoms with Crippen LogP contribution in [0.1, 0.15) is 6.92 Å². The summed E-state index contributed by atoms with van der Waals surface area (Å²) >= 11 is 5.79. The molecule has 0 saturated carbocycles. The Morgan fingerprint density at radius 1 is 1.33 bits per heavy atom. The van der Waals surface area contributed by atoms with Gasteiger partial charge in [-0.25, -0.2) is 8.42 Å². The lowest BCUT2D eigenvalue weighted by molar-refractivity contribution is -0.175. The minimum atomic E-state index is -4.65. The van der Waals surface area contributed by atoms with E-state index in [4.69, 9.17) is 11.6 Å². The normalized spacial score (nSPS) is 13.6. The number of nitrogens with one attached hydrogen (secondary N) is 2. The van der Waals surface area contributed by atoms with E-state index in [2.05, 4.69) is 10.0 Å². The molecule has 0 saturated heterocycles. The van der Waals surface area contributed by atoms with Gasteiger partial charge in [0, 0.05) is 5.69 Å². The number of carbonyl (C=O) groups is 1. The van der Waals surface area contributed by atoms with Gasteiger partial charge >= 0.3 is 6.18 Å². The smallest absolute Gasteiger partial charge is 0.326 e. The third-order valence-electron chi connectivity index (χ3n) is 2.42. The quantitative estimate of drug-likeness (QED) is 0.882. The number of benzene rings is 1. The van der Waals surface area contributed by atoms with Crippen LogP contribution in [0.4, 0.5) is 24.5 Å². The first-order valence-electron chi connectivity index (χ1n) is 5.55. The van der Waals surface area contributed by atoms with Crippen LogP contribution in [0, 0.1) is 5.92 Å². The number of anilines is 2. The molecule has 1 atom stereocenters. The van der Waals surface area contributed by atoms with E-state index in [1.807, 2.05) is 0 Å². The number of hydrogen-bond donors (Lipinski definition) is 2. The summed E-state index contributed by atoms with van der Waals surface area (Å²) in [6.07, 6.45) is -3.73. The highest BCUT2D eigenvalue weighted by Crippen LogP contribution is 2.29. The van der Waals surface area contributed by atoms with Gasteiger partial charge < -0.3 is 5.32 Å². The molecule has 0 aliphatic rings. The summed E-state index contributed by atoms with van der Waals surface area (Å²) in [5, 5.41) is 2.00. The molecule has 0 unspecified atom stereocenters. The van der Waals surface area contributed by atoms with Crippen LogP contribution < -0.4 is 10.0 Å². The van der Waals surface area contributed by atoms with Crippen LogP contribution in [0.15, 0.2) is 18.2 Å². The SMILES string of the molecule is C[C@H](C(=O)Nc1ccc(NS(C)(=O)=O)c(Cl)c1)C(F)(F)F. The molecule has 10 heteroatoms. The Hall–Kier alpha value is -1.48. The van der Waals surface area contributed by atoms with Crippen molar-refractivity contribution in [3.8, 4) is 0 Å². The third kappa shape index (κ3) is 5.43. The number of carbonyl (C=O) groups excluding carboxylic acids is 1. The summed E-state index contributed by atoms with van der Waals surface area (Å²) in [6.45, 7) is 0.733. The van der Waals surface area contributed by atoms with E-state index >= 15 is 0 Å². The highest BCUT2D eigenvalue weighted by atomic mass is 35.5. The molecule has 5 nitrogen and oxygen atoms in total. The number of sulfonamides is 1. The van der Waals surface area contributed by atoms with Crippen molar-refractivity contribution in [3.05, 3.63) is 23.2 Å². The van der Waals surface area contributed by atoms with Gasteiger partial charge in [-0.15, -0.1) is 0 Å². The Kier molecular flexibility index (Phi) is 5.11. The van der Waals surface area contributed by atoms with Crippen molar-refractivity contribution < 1.29 is 26.4 Å². The van der Waals surface area contributed by atoms with E-state index in [-0.39, 0.29) is 16.4 Å². The molecule has 118 valence electrons. The van der Waals surface area contributed by atoms with Gasteiger partial charge in [-0.05, 0) is 25.1 Å². The average molecular weight is 345 g/mol. The molecule has 0 fully saturated rings. The molecular weight excluding hydrogens is 333 g/mol. The van der Waals surface area contributed by atoms with E-state index in [1.54, 1.807) is 0 Å². The predicted octanol–water partition coefficient (Wildman–Crippen LogP) is 2.85. The predicted molar refractivity (Wildman–Crippen MR) is 73.8 cm³/mol. The third-order valence-corrected chi connectivity index (χ3v) is 3.32. The standard InChI is InChI=1S/C11H12ClF3N2O3S/c1-6(11(13,14)15)10(18)16-7-3-4-9(8(12)5-7)17-21(2,19)20/h3-6,17H,1-2H3,(H,16,18)/t6-/m1/s1. The molecular formula is C11H12ClF3N2O3S. The van der Waals surface area contributed by atoms with Crippen molar-refractivity contribution >= 4 is 38.9 Å². The Labute approximate surface area is 124 Å². The molecule has 0 aliphatic carbocycles. The van der Waals surface area contributed by atoms with Crippen molar-refractivity contribution in [3.63, 3.8) is 0 Å². The number of halogens is 4. The fourth-order valence-corrected chi connectivity index (χ4v) is 2.14. The van der Waals surface area contributed by atoms with Gasteiger partial charge in [-0.2, -0.15) is 13.2 Å². The molecule has 21 heavy (non-hydrogen) atoms. The summed E-state index contributed by atoms with van der Waals surface area (Å²) in [5.74, 6) is -3.41. The van der Waals surface area contributed by atoms with Crippen molar-refractivity contribution in [1.29, 1.82) is 0 Å². The first kappa shape index (κ1) is 17.6. The molecule has 0 aliphatic heterocycles. The van der Waals surface area contributed by atoms with Crippen LogP contribution in [-0.2, 0) is 14.8 Å². The maximum Gasteiger partial charge on any atom is 0.400 e. The lowest BCUT2D eigenvalue weighted by atomic mass is 10.1. The average Bonchev–Trinajstić information content (AvgIpc) is 2.29. The van der Waals surface area contributed by atoms with Crippen molar-refractivity contribution in [2.24, 2.45) is 5.92 Å². The summed E-state index contributed by atoms with van der Waals surface area (Å²) in [7, 11) is -3.54. The van der Waals surface area contributed by atoms with Gasteiger partial charge in [0.15, 0.2) is 0 Å². The van der Waals surface area contributed by atoms with E-state index in [9.17, 15) is 26.4 Å². The number of alkyl halides is 3. The molecule has 1 aromatic rings. The Balaban J connectivity index is 2.88. The van der Waals surface area contributed by atoms with Crippen LogP contribution in [0.25, 0.3) is 0 Å². The molecule has 2 N–H and O–H groups in total. The van der Waals surface area contributed by atoms with Crippen LogP contribution in [-0.4, -0.2) is 26.8 Å². The molecule has 1 amide bonds. The molecule has 0 aromatic heterocycles. The Bertz CT molecular complexity index is 647. The highest BCUT2D eigenvalue weighted by Gasteiger charge is 2.41. The fraction of sp³-hybridized carbons (Fsp3) is 0.364. The lowest BCUT2D eigenvalue weighted by Gasteiger charge is -2.16. The van der Waals surface area contributed by atoms with E-state index in [0.29, 0.717) is 0 Å². The van der Waals surface area contributed by atoms with Crippen molar-refractivity contribution in [1.82, 2.24) is 0 Å². The second-order valence-corrected chi connectivity index (χ2v) is 6.48. The van der Waals surface area contributed by atoms with E-state index in [0.717, 1.165) is 19.2 Å². The maximum atomic E-state index is 12.4. The van der Waals surface area contributed by atoms with Gasteiger partial charge in [0.2, 0.25) is 15.9 Å². The number of hydrogen-bond acceptors (Lipinski definition) is 3. The van der Waals surface area contributed by atoms with Gasteiger partial charge in [0.25, 0.3) is 0 Å². The van der Waals surface area contributed by atoms with Gasteiger partial charge in [-0.3, -0.25) is 9.52 Å². The lowest BCUT2D eigenvalue weighted by Crippen LogP contribution is -2.32. The first-order chi connectivity index (χ1) is 9.40. The minimum absolute atomic E-state index is 0.0279. The molecule has 0 heterocycles. The molecule has 0 spiro atoms. The zero-order chi connectivity index (χ0) is 16.4. The van der Waals surface area contributed by atoms with Gasteiger partial charge in [0.05, 0.1) is 17.0 Å². The molecule has 1 aromatic carbocycles. The first-order valence-corrected chi connectivity index (χ1v) is 7.82. The summed E-state index contributed by atoms with van der Waals surface area (Å²) in [6, 6.07) is 3.62. The number of rotatable bonds is 4. The molecule has 0 radical (unpaired) electrons. The number of amides is 1. The summed E-state index contributed by atoms with van der Waals surface area (Å²) in [4.78, 5) is 11.4. The van der Waals surface area contributed by atoms with Crippen molar-refractivity contribution in [2.45, 2.75) is 13.1 Å². The Morgan fingerprint density at radius 3 is 2.33 bits per heavy atom. The second-order valence-electron chi connectivity index (χ2n) is 4.32. The summed E-state index contributed by atoms with van der Waals surface area (Å²) in [5.41, 5.74) is 0.0844. The topological polar surface area (TPSA) is 75.3 Å². The monoisotopic (exact) mass is 344 g/mol. The largest absolute Gasteiger partial charge is 0.400 e.